The second-order valence-corrected chi connectivity index (χ2v) is 6.86. The van der Waals surface area contributed by atoms with E-state index in [4.69, 9.17) is 0 Å². The van der Waals surface area contributed by atoms with Crippen molar-refractivity contribution in [1.29, 1.82) is 0 Å². The van der Waals surface area contributed by atoms with Crippen molar-refractivity contribution < 1.29 is 0 Å². The fourth-order valence-corrected chi connectivity index (χ4v) is 4.86. The van der Waals surface area contributed by atoms with Gasteiger partial charge in [-0.2, -0.15) is 11.3 Å². The molecule has 0 amide bonds. The van der Waals surface area contributed by atoms with Crippen LogP contribution in [0.25, 0.3) is 0 Å². The van der Waals surface area contributed by atoms with Gasteiger partial charge in [-0.05, 0) is 53.9 Å². The predicted molar refractivity (Wildman–Crippen MR) is 85.4 cm³/mol. The highest BCUT2D eigenvalue weighted by atomic mass is 32.2. The van der Waals surface area contributed by atoms with E-state index in [1.54, 1.807) is 11.3 Å². The molecule has 3 heteroatoms. The van der Waals surface area contributed by atoms with Crippen molar-refractivity contribution in [1.82, 2.24) is 5.32 Å². The van der Waals surface area contributed by atoms with Crippen LogP contribution in [0.5, 0.6) is 0 Å². The van der Waals surface area contributed by atoms with Gasteiger partial charge in [-0.3, -0.25) is 0 Å². The summed E-state index contributed by atoms with van der Waals surface area (Å²) in [5.41, 5.74) is 3.02. The lowest BCUT2D eigenvalue weighted by atomic mass is 9.90. The Balaban J connectivity index is 1.69. The van der Waals surface area contributed by atoms with E-state index in [1.165, 1.54) is 34.6 Å². The minimum Gasteiger partial charge on any atom is -0.316 e. The molecule has 1 aromatic heterocycles. The first-order valence-corrected chi connectivity index (χ1v) is 8.71. The Hall–Kier alpha value is -0.770. The molecule has 1 nitrogen and oxygen atoms in total. The molecule has 1 aliphatic heterocycles. The molecule has 100 valence electrons. The Kier molecular flexibility index (Phi) is 4.26. The van der Waals surface area contributed by atoms with Gasteiger partial charge in [-0.15, -0.1) is 11.8 Å². The van der Waals surface area contributed by atoms with Gasteiger partial charge >= 0.3 is 0 Å². The van der Waals surface area contributed by atoms with E-state index >= 15 is 0 Å². The Morgan fingerprint density at radius 3 is 3.00 bits per heavy atom. The van der Waals surface area contributed by atoms with E-state index < -0.39 is 0 Å². The highest BCUT2D eigenvalue weighted by molar-refractivity contribution is 7.99. The number of benzene rings is 1. The molecule has 2 unspecified atom stereocenters. The zero-order chi connectivity index (χ0) is 13.1. The number of rotatable bonds is 5. The number of hydrogen-bond acceptors (Lipinski definition) is 3. The second kappa shape index (κ2) is 6.12. The maximum absolute atomic E-state index is 3.54. The SMILES string of the molecule is CNC(CCc1ccsc1)C1CSc2ccccc21. The van der Waals surface area contributed by atoms with Crippen molar-refractivity contribution in [2.45, 2.75) is 29.7 Å². The Bertz CT molecular complexity index is 521. The van der Waals surface area contributed by atoms with Crippen LogP contribution in [-0.4, -0.2) is 18.8 Å². The van der Waals surface area contributed by atoms with E-state index in [2.05, 4.69) is 53.5 Å². The molecule has 2 atom stereocenters. The fourth-order valence-electron chi connectivity index (χ4n) is 2.82. The first kappa shape index (κ1) is 13.2. The van der Waals surface area contributed by atoms with E-state index in [0.717, 1.165) is 0 Å². The molecular formula is C16H19NS2. The van der Waals surface area contributed by atoms with Crippen molar-refractivity contribution in [2.24, 2.45) is 0 Å². The highest BCUT2D eigenvalue weighted by Gasteiger charge is 2.28. The van der Waals surface area contributed by atoms with E-state index in [1.807, 2.05) is 11.8 Å². The van der Waals surface area contributed by atoms with Gasteiger partial charge in [0.25, 0.3) is 0 Å². The van der Waals surface area contributed by atoms with Crippen molar-refractivity contribution in [3.63, 3.8) is 0 Å². The summed E-state index contributed by atoms with van der Waals surface area (Å²) < 4.78 is 0. The minimum absolute atomic E-state index is 0.580. The summed E-state index contributed by atoms with van der Waals surface area (Å²) in [7, 11) is 2.10. The quantitative estimate of drug-likeness (QED) is 0.887. The van der Waals surface area contributed by atoms with Gasteiger partial charge in [0, 0.05) is 22.6 Å². The molecule has 0 radical (unpaired) electrons. The summed E-state index contributed by atoms with van der Waals surface area (Å²) >= 11 is 3.80. The maximum atomic E-state index is 3.54. The van der Waals surface area contributed by atoms with Crippen LogP contribution in [0.3, 0.4) is 0 Å². The predicted octanol–water partition coefficient (Wildman–Crippen LogP) is 4.16. The third-order valence-electron chi connectivity index (χ3n) is 3.92. The molecule has 0 aliphatic carbocycles. The number of fused-ring (bicyclic) bond motifs is 1. The van der Waals surface area contributed by atoms with Gasteiger partial charge in [0.05, 0.1) is 0 Å². The van der Waals surface area contributed by atoms with Crippen LogP contribution in [0.4, 0.5) is 0 Å². The molecule has 0 fully saturated rings. The van der Waals surface area contributed by atoms with Crippen LogP contribution in [0, 0.1) is 0 Å². The smallest absolute Gasteiger partial charge is 0.0144 e. The van der Waals surface area contributed by atoms with Gasteiger partial charge in [0.1, 0.15) is 0 Å². The molecule has 1 aromatic carbocycles. The van der Waals surface area contributed by atoms with Gasteiger partial charge in [-0.25, -0.2) is 0 Å². The average Bonchev–Trinajstić information content (AvgIpc) is 3.09. The van der Waals surface area contributed by atoms with Crippen molar-refractivity contribution in [3.8, 4) is 0 Å². The Labute approximate surface area is 123 Å². The number of likely N-dealkylation sites (N-methyl/N-ethyl adjacent to an activating group) is 1. The van der Waals surface area contributed by atoms with Crippen LogP contribution in [0.15, 0.2) is 46.0 Å². The van der Waals surface area contributed by atoms with Crippen LogP contribution in [0.2, 0.25) is 0 Å². The van der Waals surface area contributed by atoms with E-state index in [9.17, 15) is 0 Å². The maximum Gasteiger partial charge on any atom is 0.0144 e. The molecular weight excluding hydrogens is 270 g/mol. The van der Waals surface area contributed by atoms with Gasteiger partial charge in [0.2, 0.25) is 0 Å². The lowest BCUT2D eigenvalue weighted by Crippen LogP contribution is -2.32. The fraction of sp³-hybridized carbons (Fsp3) is 0.375. The summed E-state index contributed by atoms with van der Waals surface area (Å²) in [5.74, 6) is 1.87. The molecule has 0 saturated carbocycles. The monoisotopic (exact) mass is 289 g/mol. The summed E-state index contributed by atoms with van der Waals surface area (Å²) in [4.78, 5) is 1.48. The zero-order valence-corrected chi connectivity index (χ0v) is 12.8. The number of aryl methyl sites for hydroxylation is 1. The number of hydrogen-bond donors (Lipinski definition) is 1. The third kappa shape index (κ3) is 2.88. The molecule has 2 aromatic rings. The zero-order valence-electron chi connectivity index (χ0n) is 11.1. The Morgan fingerprint density at radius 2 is 2.21 bits per heavy atom. The Morgan fingerprint density at radius 1 is 1.32 bits per heavy atom. The molecule has 0 bridgehead atoms. The third-order valence-corrected chi connectivity index (χ3v) is 5.86. The van der Waals surface area contributed by atoms with Crippen LogP contribution >= 0.6 is 23.1 Å². The van der Waals surface area contributed by atoms with Gasteiger partial charge < -0.3 is 5.32 Å². The standard InChI is InChI=1S/C16H19NS2/c1-17-15(7-6-12-8-9-18-10-12)14-11-19-16-5-3-2-4-13(14)16/h2-5,8-10,14-15,17H,6-7,11H2,1H3. The molecule has 3 rings (SSSR count). The summed E-state index contributed by atoms with van der Waals surface area (Å²) in [5, 5.41) is 7.98. The normalized spacial score (nSPS) is 19.3. The largest absolute Gasteiger partial charge is 0.316 e. The first-order valence-electron chi connectivity index (χ1n) is 6.78. The molecule has 19 heavy (non-hydrogen) atoms. The second-order valence-electron chi connectivity index (χ2n) is 5.02. The number of thiophene rings is 1. The van der Waals surface area contributed by atoms with Crippen molar-refractivity contribution >= 4 is 23.1 Å². The molecule has 1 aliphatic rings. The van der Waals surface area contributed by atoms with Crippen LogP contribution in [0.1, 0.15) is 23.5 Å². The van der Waals surface area contributed by atoms with Crippen molar-refractivity contribution in [2.75, 3.05) is 12.8 Å². The molecule has 2 heterocycles. The lowest BCUT2D eigenvalue weighted by Gasteiger charge is -2.23. The first-order chi connectivity index (χ1) is 9.38. The van der Waals surface area contributed by atoms with E-state index in [0.29, 0.717) is 12.0 Å². The molecule has 0 spiro atoms. The molecule has 1 N–H and O–H groups in total. The van der Waals surface area contributed by atoms with E-state index in [-0.39, 0.29) is 0 Å². The van der Waals surface area contributed by atoms with Crippen LogP contribution < -0.4 is 5.32 Å². The van der Waals surface area contributed by atoms with Gasteiger partial charge in [0.15, 0.2) is 0 Å². The minimum atomic E-state index is 0.580. The van der Waals surface area contributed by atoms with Crippen molar-refractivity contribution in [3.05, 3.63) is 52.2 Å². The average molecular weight is 289 g/mol. The summed E-state index contributed by atoms with van der Waals surface area (Å²) in [6, 6.07) is 11.7. The van der Waals surface area contributed by atoms with Crippen LogP contribution in [-0.2, 0) is 6.42 Å². The number of thioether (sulfide) groups is 1. The summed E-state index contributed by atoms with van der Waals surface area (Å²) in [6.07, 6.45) is 2.39. The lowest BCUT2D eigenvalue weighted by molar-refractivity contribution is 0.461. The number of nitrogens with one attached hydrogen (secondary N) is 1. The summed E-state index contributed by atoms with van der Waals surface area (Å²) in [6.45, 7) is 0. The van der Waals surface area contributed by atoms with Gasteiger partial charge in [-0.1, -0.05) is 18.2 Å². The molecule has 0 saturated heterocycles. The highest BCUT2D eigenvalue weighted by Crippen LogP contribution is 2.41. The topological polar surface area (TPSA) is 12.0 Å².